The van der Waals surface area contributed by atoms with Crippen LogP contribution in [0.25, 0.3) is 10.9 Å². The van der Waals surface area contributed by atoms with Crippen LogP contribution in [0.2, 0.25) is 0 Å². The molecule has 0 saturated heterocycles. The molecule has 1 N–H and O–H groups in total. The van der Waals surface area contributed by atoms with Crippen molar-refractivity contribution >= 4 is 33.7 Å². The number of nitrogens with zero attached hydrogens (tertiary/aromatic N) is 8. The quantitative estimate of drug-likeness (QED) is 0.230. The molecule has 1 aromatic heterocycles. The zero-order valence-electron chi connectivity index (χ0n) is 36.5. The molecule has 10 nitrogen and oxygen atoms in total. The van der Waals surface area contributed by atoms with Gasteiger partial charge in [-0.05, 0) is 98.6 Å². The van der Waals surface area contributed by atoms with Gasteiger partial charge in [-0.25, -0.2) is 4.98 Å². The summed E-state index contributed by atoms with van der Waals surface area (Å²) < 4.78 is 0. The number of para-hydroxylation sites is 5. The molecule has 6 aliphatic rings. The minimum Gasteiger partial charge on any atom is -0.868 e. The van der Waals surface area contributed by atoms with Crippen LogP contribution in [0.1, 0.15) is 54.4 Å². The van der Waals surface area contributed by atoms with Gasteiger partial charge in [-0.15, -0.1) is 0 Å². The van der Waals surface area contributed by atoms with E-state index in [-0.39, 0.29) is 58.2 Å². The van der Waals surface area contributed by atoms with Gasteiger partial charge in [0.25, 0.3) is 0 Å². The van der Waals surface area contributed by atoms with Gasteiger partial charge >= 0.3 is 18.9 Å². The Kier molecular flexibility index (Phi) is 15.7. The van der Waals surface area contributed by atoms with Crippen LogP contribution < -0.4 is 48.6 Å². The SMILES string of the molecule is C.C.C.CN(C)C1=CC2=C3C=C(N(C)C)C=CN3CCCN2C=C1.CN1c2ccccc2N(C)C12CCCCC21N(C)c2ccccc2N1C.[Li+].[O-]c1cccc2ccc[nH+]c12. The fraction of sp³-hybridized carbons (Fsp3) is 0.392. The molecule has 0 unspecified atom stereocenters. The predicted molar refractivity (Wildman–Crippen MR) is 257 cm³/mol. The summed E-state index contributed by atoms with van der Waals surface area (Å²) in [7, 11) is 17.5. The van der Waals surface area contributed by atoms with Crippen molar-refractivity contribution in [1.82, 2.24) is 19.6 Å². The average Bonchev–Trinajstić information content (AvgIpc) is 3.47. The summed E-state index contributed by atoms with van der Waals surface area (Å²) in [5, 5.41) is 12.1. The van der Waals surface area contributed by atoms with Crippen molar-refractivity contribution < 1.29 is 29.0 Å². The second-order valence-electron chi connectivity index (χ2n) is 16.5. The number of aromatic nitrogens is 1. The molecule has 1 aliphatic carbocycles. The molecular formula is C51H71LiN9O+. The van der Waals surface area contributed by atoms with Crippen molar-refractivity contribution in [2.45, 2.75) is 65.7 Å². The van der Waals surface area contributed by atoms with Crippen molar-refractivity contribution in [3.05, 3.63) is 145 Å². The Bertz CT molecular complexity index is 2150. The smallest absolute Gasteiger partial charge is 0.868 e. The second-order valence-corrected chi connectivity index (χ2v) is 16.5. The Balaban J connectivity index is 0.000000212. The third-order valence-corrected chi connectivity index (χ3v) is 13.2. The number of rotatable bonds is 2. The fourth-order valence-electron chi connectivity index (χ4n) is 10.2. The van der Waals surface area contributed by atoms with Crippen LogP contribution in [0.4, 0.5) is 22.7 Å². The Labute approximate surface area is 385 Å². The van der Waals surface area contributed by atoms with Crippen LogP contribution in [0.5, 0.6) is 5.75 Å². The van der Waals surface area contributed by atoms with Gasteiger partial charge in [0.15, 0.2) is 17.5 Å². The molecule has 2 spiro atoms. The van der Waals surface area contributed by atoms with E-state index in [1.54, 1.807) is 18.3 Å². The molecule has 0 radical (unpaired) electrons. The predicted octanol–water partition coefficient (Wildman–Crippen LogP) is 5.92. The number of anilines is 4. The zero-order chi connectivity index (χ0) is 40.8. The number of fused-ring (bicyclic) bond motifs is 6. The van der Waals surface area contributed by atoms with Crippen molar-refractivity contribution in [3.8, 4) is 5.75 Å². The van der Waals surface area contributed by atoms with E-state index in [0.29, 0.717) is 5.52 Å². The van der Waals surface area contributed by atoms with Gasteiger partial charge in [0.05, 0.1) is 34.1 Å². The van der Waals surface area contributed by atoms with E-state index in [2.05, 4.69) is 186 Å². The molecule has 0 amide bonds. The normalized spacial score (nSPS) is 18.1. The van der Waals surface area contributed by atoms with Gasteiger partial charge in [-0.3, -0.25) is 0 Å². The Hall–Kier alpha value is -5.43. The molecule has 6 heterocycles. The van der Waals surface area contributed by atoms with E-state index in [0.717, 1.165) is 37.7 Å². The third kappa shape index (κ3) is 8.04. The number of hydrogen-bond donors (Lipinski definition) is 0. The minimum absolute atomic E-state index is 0. The number of benzene rings is 3. The van der Waals surface area contributed by atoms with Gasteiger partial charge in [0.2, 0.25) is 5.52 Å². The van der Waals surface area contributed by atoms with Gasteiger partial charge in [-0.1, -0.05) is 58.7 Å². The minimum atomic E-state index is -0.0859. The summed E-state index contributed by atoms with van der Waals surface area (Å²) in [5.41, 5.74) is 10.9. The zero-order valence-corrected chi connectivity index (χ0v) is 36.5. The molecule has 326 valence electrons. The standard InChI is InChI=1S/C22H28N4.C17H24N4.C9H7NO.3CH4.Li/c1-23-17-11-5-6-12-18(17)24(2)21(23)15-9-10-16-22(21)25(3)19-13-7-8-14-20(19)26(22)4;1-18(2)14-6-10-20-8-5-9-21-11-7-15(19(3)4)13-17(21)16(20)12-14;11-8-5-1-3-7-4-2-6-10-9(7)8;;;;/h5-8,11-14H,9-10,15-16H2,1-4H3;6-7,10-13H,5,8-9H2,1-4H3;1-6,11H;3*1H4;/q;;;;;;+1. The number of pyridine rings is 1. The van der Waals surface area contributed by atoms with Crippen LogP contribution >= 0.6 is 0 Å². The molecule has 62 heavy (non-hydrogen) atoms. The average molecular weight is 833 g/mol. The first kappa shape index (κ1) is 49.2. The molecular weight excluding hydrogens is 762 g/mol. The van der Waals surface area contributed by atoms with Crippen LogP contribution in [0, 0.1) is 0 Å². The van der Waals surface area contributed by atoms with Gasteiger partial charge in [0, 0.05) is 105 Å². The molecule has 4 aromatic rings. The van der Waals surface area contributed by atoms with Crippen LogP contribution in [0.15, 0.2) is 145 Å². The van der Waals surface area contributed by atoms with E-state index in [1.807, 2.05) is 18.2 Å². The summed E-state index contributed by atoms with van der Waals surface area (Å²) in [6.45, 7) is 2.14. The largest absolute Gasteiger partial charge is 1.00 e. The number of H-pyrrole nitrogens is 1. The Morgan fingerprint density at radius 2 is 0.952 bits per heavy atom. The first-order chi connectivity index (χ1) is 28.0. The first-order valence-electron chi connectivity index (χ1n) is 20.6. The molecule has 0 atom stereocenters. The molecule has 3 aromatic carbocycles. The van der Waals surface area contributed by atoms with Gasteiger partial charge in [-0.2, -0.15) is 0 Å². The molecule has 5 aliphatic heterocycles. The number of aromatic amines is 1. The van der Waals surface area contributed by atoms with Gasteiger partial charge in [0.1, 0.15) is 0 Å². The summed E-state index contributed by atoms with van der Waals surface area (Å²) >= 11 is 0. The van der Waals surface area contributed by atoms with E-state index < -0.39 is 0 Å². The maximum atomic E-state index is 11.1. The number of hydrogen-bond acceptors (Lipinski definition) is 9. The number of nitrogens with one attached hydrogen (secondary N) is 1. The van der Waals surface area contributed by atoms with E-state index in [4.69, 9.17) is 0 Å². The summed E-state index contributed by atoms with van der Waals surface area (Å²) in [6, 6.07) is 26.7. The van der Waals surface area contributed by atoms with Crippen molar-refractivity contribution in [1.29, 1.82) is 0 Å². The maximum Gasteiger partial charge on any atom is 1.00 e. The van der Waals surface area contributed by atoms with Crippen LogP contribution in [-0.4, -0.2) is 100 Å². The molecule has 1 fully saturated rings. The van der Waals surface area contributed by atoms with E-state index in [9.17, 15) is 5.11 Å². The molecule has 10 rings (SSSR count). The summed E-state index contributed by atoms with van der Waals surface area (Å²) in [4.78, 5) is 22.2. The van der Waals surface area contributed by atoms with E-state index in [1.165, 1.54) is 58.4 Å². The van der Waals surface area contributed by atoms with Crippen LogP contribution in [0.3, 0.4) is 0 Å². The van der Waals surface area contributed by atoms with Crippen LogP contribution in [-0.2, 0) is 0 Å². The van der Waals surface area contributed by atoms with Crippen molar-refractivity contribution in [2.24, 2.45) is 0 Å². The number of allylic oxidation sites excluding steroid dienone is 4. The molecule has 11 heteroatoms. The fourth-order valence-corrected chi connectivity index (χ4v) is 10.2. The Morgan fingerprint density at radius 3 is 1.34 bits per heavy atom. The van der Waals surface area contributed by atoms with Gasteiger partial charge < -0.3 is 44.3 Å². The topological polar surface area (TPSA) is 63.1 Å². The van der Waals surface area contributed by atoms with Crippen molar-refractivity contribution in [3.63, 3.8) is 0 Å². The number of likely N-dealkylation sites (N-methyl/N-ethyl adjacent to an activating group) is 6. The van der Waals surface area contributed by atoms with E-state index >= 15 is 0 Å². The monoisotopic (exact) mass is 833 g/mol. The first-order valence-corrected chi connectivity index (χ1v) is 20.6. The maximum absolute atomic E-state index is 11.1. The summed E-state index contributed by atoms with van der Waals surface area (Å²) in [5.74, 6) is 0.0445. The molecule has 0 bridgehead atoms. The van der Waals surface area contributed by atoms with Crippen molar-refractivity contribution in [2.75, 3.05) is 89.1 Å². The Morgan fingerprint density at radius 1 is 0.548 bits per heavy atom. The summed E-state index contributed by atoms with van der Waals surface area (Å²) in [6.07, 6.45) is 21.2. The third-order valence-electron chi connectivity index (χ3n) is 13.2. The molecule has 1 saturated carbocycles. The second kappa shape index (κ2) is 19.7.